The van der Waals surface area contributed by atoms with E-state index in [1.165, 1.54) is 32.4 Å². The minimum atomic E-state index is -4.85. The predicted molar refractivity (Wildman–Crippen MR) is 221 cm³/mol. The number of allylic oxidation sites excluding steroid dienone is 2. The second-order valence-corrected chi connectivity index (χ2v) is 16.7. The van der Waals surface area contributed by atoms with E-state index in [4.69, 9.17) is 39.5 Å². The number of hydrogen-bond donors (Lipinski definition) is 2. The fourth-order valence-electron chi connectivity index (χ4n) is 9.88. The number of carbonyl (C=O) groups excluding carboxylic acids is 4. The van der Waals surface area contributed by atoms with Crippen molar-refractivity contribution in [3.05, 3.63) is 135 Å². The normalized spacial score (nSPS) is 24.7. The molecule has 9 rings (SSSR count). The maximum Gasteiger partial charge on any atom is 0.433 e. The van der Waals surface area contributed by atoms with Gasteiger partial charge in [-0.1, -0.05) is 95.0 Å². The number of benzene rings is 4. The molecule has 1 saturated carbocycles. The van der Waals surface area contributed by atoms with Gasteiger partial charge in [0.2, 0.25) is 0 Å². The van der Waals surface area contributed by atoms with Gasteiger partial charge in [0.15, 0.2) is 5.82 Å². The number of fused-ring (bicyclic) bond motifs is 5. The lowest BCUT2D eigenvalue weighted by Gasteiger charge is -2.50. The van der Waals surface area contributed by atoms with Gasteiger partial charge in [-0.05, 0) is 72.2 Å². The van der Waals surface area contributed by atoms with Crippen LogP contribution in [0, 0.1) is 23.7 Å². The first-order valence-corrected chi connectivity index (χ1v) is 20.2. The third-order valence-corrected chi connectivity index (χ3v) is 13.4. The molecule has 3 fully saturated rings. The summed E-state index contributed by atoms with van der Waals surface area (Å²) >= 11 is 19.1. The van der Waals surface area contributed by atoms with Crippen molar-refractivity contribution in [1.29, 1.82) is 0 Å². The molecule has 5 aromatic rings. The topological polar surface area (TPSA) is 132 Å². The Balaban J connectivity index is 1.23. The number of pyridine rings is 1. The van der Waals surface area contributed by atoms with E-state index in [0.29, 0.717) is 44.3 Å². The number of phenolic OH excluding ortho intramolecular Hbond substituents is 1. The van der Waals surface area contributed by atoms with Crippen LogP contribution in [0.25, 0.3) is 10.8 Å². The van der Waals surface area contributed by atoms with Crippen LogP contribution < -0.4 is 15.2 Å². The molecule has 4 aromatic carbocycles. The van der Waals surface area contributed by atoms with Crippen molar-refractivity contribution >= 4 is 80.7 Å². The third-order valence-electron chi connectivity index (χ3n) is 12.5. The quantitative estimate of drug-likeness (QED) is 0.121. The number of carbonyl (C=O) groups is 4. The van der Waals surface area contributed by atoms with Crippen molar-refractivity contribution in [2.24, 2.45) is 23.7 Å². The second kappa shape index (κ2) is 14.7. The molecule has 3 heterocycles. The Bertz CT molecular complexity index is 2730. The molecule has 2 aliphatic heterocycles. The summed E-state index contributed by atoms with van der Waals surface area (Å²) in [6.07, 6.45) is -3.17. The molecular weight excluding hydrogens is 858 g/mol. The molecule has 2 aliphatic carbocycles. The van der Waals surface area contributed by atoms with Crippen molar-refractivity contribution in [1.82, 2.24) is 15.0 Å². The summed E-state index contributed by atoms with van der Waals surface area (Å²) in [6.45, 7) is 0. The van der Waals surface area contributed by atoms with E-state index in [9.17, 15) is 27.9 Å². The van der Waals surface area contributed by atoms with E-state index in [1.54, 1.807) is 54.6 Å². The zero-order chi connectivity index (χ0) is 43.3. The largest absolute Gasteiger partial charge is 0.507 e. The van der Waals surface area contributed by atoms with Crippen LogP contribution in [0.15, 0.2) is 103 Å². The molecule has 0 bridgehead atoms. The molecule has 6 atom stereocenters. The summed E-state index contributed by atoms with van der Waals surface area (Å²) in [7, 11) is 2.72. The molecule has 11 nitrogen and oxygen atoms in total. The number of hydrazine groups is 2. The second-order valence-electron chi connectivity index (χ2n) is 15.4. The third kappa shape index (κ3) is 6.12. The average Bonchev–Trinajstić information content (AvgIpc) is 3.62. The molecular formula is C44H33Cl3F3N5O6. The Hall–Kier alpha value is -5.83. The number of aromatic nitrogens is 1. The van der Waals surface area contributed by atoms with Crippen LogP contribution in [0.3, 0.4) is 0 Å². The standard InChI is InChI=1S/C44H33Cl3F3N5O6/c1-53(38-31(46)16-18-34(51-38)44(48,49)50)55-39(57)27-15-14-26-29(35(27)41(55)59)20-30-40(58)54(52-33-17-10-23(45)19-32(33)47)42(60)43(30,22-8-11-24(61-2)12-9-22)36(26)28-13-7-21-5-3-4-6-25(21)37(28)56/h3-14,16-19,27,29-30,35-36,52,56H,15,20H2,1-2H3/t27-,29+,30-,35-,36+,43+/m0/s1. The van der Waals surface area contributed by atoms with Crippen molar-refractivity contribution < 1.29 is 42.2 Å². The van der Waals surface area contributed by atoms with Crippen molar-refractivity contribution in [3.8, 4) is 11.5 Å². The Morgan fingerprint density at radius 2 is 1.62 bits per heavy atom. The van der Waals surface area contributed by atoms with Crippen LogP contribution in [0.2, 0.25) is 15.1 Å². The number of aromatic hydroxyl groups is 1. The number of ether oxygens (including phenoxy) is 1. The van der Waals surface area contributed by atoms with E-state index in [2.05, 4.69) is 10.4 Å². The van der Waals surface area contributed by atoms with Crippen LogP contribution in [-0.4, -0.2) is 57.9 Å². The van der Waals surface area contributed by atoms with E-state index < -0.39 is 76.3 Å². The Labute approximate surface area is 361 Å². The molecule has 1 aromatic heterocycles. The molecule has 312 valence electrons. The lowest BCUT2D eigenvalue weighted by atomic mass is 9.49. The van der Waals surface area contributed by atoms with Gasteiger partial charge in [-0.15, -0.1) is 0 Å². The number of amides is 4. The number of imide groups is 2. The maximum absolute atomic E-state index is 15.6. The fourth-order valence-corrected chi connectivity index (χ4v) is 10.6. The number of nitrogens with one attached hydrogen (secondary N) is 1. The van der Waals surface area contributed by atoms with Crippen molar-refractivity contribution in [2.75, 3.05) is 24.6 Å². The highest BCUT2D eigenvalue weighted by atomic mass is 35.5. The van der Waals surface area contributed by atoms with Gasteiger partial charge in [-0.3, -0.25) is 29.6 Å². The molecule has 4 amide bonds. The molecule has 61 heavy (non-hydrogen) atoms. The fraction of sp³-hybridized carbons (Fsp3) is 0.250. The van der Waals surface area contributed by atoms with Crippen molar-refractivity contribution in [3.63, 3.8) is 0 Å². The highest BCUT2D eigenvalue weighted by Gasteiger charge is 2.71. The molecule has 2 saturated heterocycles. The van der Waals surface area contributed by atoms with Gasteiger partial charge in [0.25, 0.3) is 23.6 Å². The van der Waals surface area contributed by atoms with Gasteiger partial charge < -0.3 is 9.84 Å². The van der Waals surface area contributed by atoms with Crippen molar-refractivity contribution in [2.45, 2.75) is 30.4 Å². The van der Waals surface area contributed by atoms with E-state index >= 15 is 9.59 Å². The lowest BCUT2D eigenvalue weighted by Crippen LogP contribution is -2.53. The monoisotopic (exact) mass is 889 g/mol. The number of halogens is 6. The molecule has 17 heteroatoms. The number of anilines is 2. The van der Waals surface area contributed by atoms with E-state index in [0.717, 1.165) is 21.1 Å². The Morgan fingerprint density at radius 3 is 2.33 bits per heavy atom. The number of rotatable bonds is 7. The van der Waals surface area contributed by atoms with E-state index in [1.807, 2.05) is 12.1 Å². The predicted octanol–water partition coefficient (Wildman–Crippen LogP) is 8.96. The zero-order valence-corrected chi connectivity index (χ0v) is 34.4. The van der Waals surface area contributed by atoms with Gasteiger partial charge in [-0.2, -0.15) is 23.2 Å². The lowest BCUT2D eigenvalue weighted by molar-refractivity contribution is -0.142. The first-order chi connectivity index (χ1) is 29.1. The smallest absolute Gasteiger partial charge is 0.433 e. The molecule has 4 aliphatic rings. The highest BCUT2D eigenvalue weighted by Crippen LogP contribution is 2.65. The van der Waals surface area contributed by atoms with Crippen LogP contribution in [0.5, 0.6) is 11.5 Å². The van der Waals surface area contributed by atoms with Gasteiger partial charge in [0.1, 0.15) is 17.2 Å². The molecule has 0 unspecified atom stereocenters. The summed E-state index contributed by atoms with van der Waals surface area (Å²) in [4.78, 5) is 63.5. The van der Waals surface area contributed by atoms with E-state index in [-0.39, 0.29) is 34.3 Å². The Morgan fingerprint density at radius 1 is 0.885 bits per heavy atom. The summed E-state index contributed by atoms with van der Waals surface area (Å²) in [5, 5.41) is 16.2. The maximum atomic E-state index is 15.6. The summed E-state index contributed by atoms with van der Waals surface area (Å²) in [5.74, 6) is -8.23. The number of hydrogen-bond acceptors (Lipinski definition) is 9. The van der Waals surface area contributed by atoms with Gasteiger partial charge in [0, 0.05) is 28.9 Å². The average molecular weight is 891 g/mol. The molecule has 0 spiro atoms. The SMILES string of the molecule is COc1ccc([C@@]23C(=O)N(Nc4ccc(Cl)cc4Cl)C(=O)[C@@H]2C[C@@H]2C(=CC[C@@H]4C(=O)N(N(C)c5nc(C(F)(F)F)ccc5Cl)C(=O)[C@@H]42)[C@@H]3c2ccc3ccccc3c2O)cc1. The number of nitrogens with zero attached hydrogens (tertiary/aromatic N) is 4. The Kier molecular flexibility index (Phi) is 9.76. The highest BCUT2D eigenvalue weighted by molar-refractivity contribution is 6.36. The summed E-state index contributed by atoms with van der Waals surface area (Å²) < 4.78 is 46.8. The zero-order valence-electron chi connectivity index (χ0n) is 32.1. The van der Waals surface area contributed by atoms with Gasteiger partial charge in [0.05, 0.1) is 46.0 Å². The minimum Gasteiger partial charge on any atom is -0.507 e. The summed E-state index contributed by atoms with van der Waals surface area (Å²) in [6, 6.07) is 23.5. The first kappa shape index (κ1) is 40.6. The molecule has 0 radical (unpaired) electrons. The minimum absolute atomic E-state index is 0.00610. The summed E-state index contributed by atoms with van der Waals surface area (Å²) in [5.41, 5.74) is 1.35. The van der Waals surface area contributed by atoms with Crippen LogP contribution in [-0.2, 0) is 30.8 Å². The first-order valence-electron chi connectivity index (χ1n) is 19.1. The van der Waals surface area contributed by atoms with Crippen LogP contribution >= 0.6 is 34.8 Å². The van der Waals surface area contributed by atoms with Gasteiger partial charge in [-0.25, -0.2) is 4.98 Å². The van der Waals surface area contributed by atoms with Crippen LogP contribution in [0.4, 0.5) is 24.7 Å². The number of alkyl halides is 3. The van der Waals surface area contributed by atoms with Crippen LogP contribution in [0.1, 0.15) is 35.6 Å². The molecule has 2 N–H and O–H groups in total. The number of methoxy groups -OCH3 is 1. The number of phenols is 1. The van der Waals surface area contributed by atoms with Gasteiger partial charge >= 0.3 is 6.18 Å².